The predicted octanol–water partition coefficient (Wildman–Crippen LogP) is 1.04. The highest BCUT2D eigenvalue weighted by atomic mass is 16.5. The number of rotatable bonds is 2. The minimum atomic E-state index is 0.00101. The highest BCUT2D eigenvalue weighted by Gasteiger charge is 2.18. The van der Waals surface area contributed by atoms with Gasteiger partial charge in [-0.3, -0.25) is 4.40 Å². The van der Waals surface area contributed by atoms with E-state index in [9.17, 15) is 5.26 Å². The van der Waals surface area contributed by atoms with Gasteiger partial charge in [0.25, 0.3) is 5.78 Å². The number of ether oxygens (including phenoxy) is 2. The molecule has 0 unspecified atom stereocenters. The van der Waals surface area contributed by atoms with E-state index in [4.69, 9.17) is 14.7 Å². The van der Waals surface area contributed by atoms with E-state index >= 15 is 0 Å². The van der Waals surface area contributed by atoms with Crippen molar-refractivity contribution in [3.05, 3.63) is 23.5 Å². The van der Waals surface area contributed by atoms with Gasteiger partial charge in [0.15, 0.2) is 22.7 Å². The normalized spacial score (nSPS) is 10.3. The summed E-state index contributed by atoms with van der Waals surface area (Å²) < 4.78 is 11.9. The Kier molecular flexibility index (Phi) is 2.78. The number of hydrogen-bond acceptors (Lipinski definition) is 7. The van der Waals surface area contributed by atoms with Crippen LogP contribution < -0.4 is 9.47 Å². The van der Waals surface area contributed by atoms with Gasteiger partial charge in [0.1, 0.15) is 17.9 Å². The smallest absolute Gasteiger partial charge is 0.256 e. The van der Waals surface area contributed by atoms with E-state index < -0.39 is 0 Å². The average molecular weight is 280 g/mol. The molecule has 0 amide bonds. The SMILES string of the molecule is COc1cc(OC)c2nnc3nc(C#N)c(C#N)n3c2c1. The monoisotopic (exact) mass is 280 g/mol. The Morgan fingerprint density at radius 1 is 1.10 bits per heavy atom. The zero-order valence-electron chi connectivity index (χ0n) is 11.2. The summed E-state index contributed by atoms with van der Waals surface area (Å²) in [5, 5.41) is 26.3. The molecule has 8 heteroatoms. The van der Waals surface area contributed by atoms with Gasteiger partial charge in [-0.05, 0) is 0 Å². The van der Waals surface area contributed by atoms with Crippen LogP contribution in [0.4, 0.5) is 0 Å². The first-order chi connectivity index (χ1) is 10.2. The molecule has 0 aliphatic carbocycles. The number of nitriles is 2. The molecule has 1 aromatic carbocycles. The van der Waals surface area contributed by atoms with Crippen LogP contribution in [-0.2, 0) is 0 Å². The summed E-state index contributed by atoms with van der Waals surface area (Å²) in [6.45, 7) is 0. The summed E-state index contributed by atoms with van der Waals surface area (Å²) >= 11 is 0. The molecule has 0 aliphatic heterocycles. The van der Waals surface area contributed by atoms with Crippen LogP contribution in [0.5, 0.6) is 11.5 Å². The van der Waals surface area contributed by atoms with E-state index in [0.29, 0.717) is 22.5 Å². The third kappa shape index (κ3) is 1.70. The number of benzene rings is 1. The van der Waals surface area contributed by atoms with Crippen molar-refractivity contribution < 1.29 is 9.47 Å². The number of methoxy groups -OCH3 is 2. The van der Waals surface area contributed by atoms with Crippen LogP contribution in [0, 0.1) is 22.7 Å². The lowest BCUT2D eigenvalue weighted by Crippen LogP contribution is -2.00. The molecule has 3 rings (SSSR count). The van der Waals surface area contributed by atoms with Gasteiger partial charge in [0, 0.05) is 12.1 Å². The molecule has 2 aromatic heterocycles. The molecule has 8 nitrogen and oxygen atoms in total. The molecule has 0 radical (unpaired) electrons. The minimum Gasteiger partial charge on any atom is -0.497 e. The summed E-state index contributed by atoms with van der Waals surface area (Å²) in [6.07, 6.45) is 0. The second-order valence-corrected chi connectivity index (χ2v) is 4.07. The maximum atomic E-state index is 9.28. The number of fused-ring (bicyclic) bond motifs is 3. The van der Waals surface area contributed by atoms with Crippen LogP contribution in [0.15, 0.2) is 12.1 Å². The van der Waals surface area contributed by atoms with E-state index in [1.807, 2.05) is 12.1 Å². The van der Waals surface area contributed by atoms with Crippen molar-refractivity contribution >= 4 is 16.8 Å². The van der Waals surface area contributed by atoms with E-state index in [1.165, 1.54) is 18.6 Å². The van der Waals surface area contributed by atoms with Crippen molar-refractivity contribution in [3.8, 4) is 23.6 Å². The van der Waals surface area contributed by atoms with Gasteiger partial charge in [-0.1, -0.05) is 0 Å². The van der Waals surface area contributed by atoms with E-state index in [1.54, 1.807) is 12.1 Å². The molecule has 0 bridgehead atoms. The van der Waals surface area contributed by atoms with Crippen LogP contribution in [-0.4, -0.2) is 33.8 Å². The van der Waals surface area contributed by atoms with Gasteiger partial charge in [0.2, 0.25) is 0 Å². The Morgan fingerprint density at radius 2 is 1.90 bits per heavy atom. The Morgan fingerprint density at radius 3 is 2.52 bits per heavy atom. The van der Waals surface area contributed by atoms with Crippen molar-refractivity contribution in [2.24, 2.45) is 0 Å². The first kappa shape index (κ1) is 12.6. The topological polar surface area (TPSA) is 109 Å². The maximum Gasteiger partial charge on any atom is 0.256 e. The fourth-order valence-electron chi connectivity index (χ4n) is 2.09. The lowest BCUT2D eigenvalue weighted by atomic mass is 10.2. The van der Waals surface area contributed by atoms with E-state index in [2.05, 4.69) is 15.2 Å². The van der Waals surface area contributed by atoms with Crippen molar-refractivity contribution in [1.82, 2.24) is 19.6 Å². The van der Waals surface area contributed by atoms with Gasteiger partial charge < -0.3 is 9.47 Å². The van der Waals surface area contributed by atoms with Crippen LogP contribution in [0.2, 0.25) is 0 Å². The lowest BCUT2D eigenvalue weighted by molar-refractivity contribution is 0.397. The van der Waals surface area contributed by atoms with Crippen molar-refractivity contribution in [1.29, 1.82) is 10.5 Å². The van der Waals surface area contributed by atoms with Crippen LogP contribution in [0.3, 0.4) is 0 Å². The molecule has 102 valence electrons. The third-order valence-corrected chi connectivity index (χ3v) is 3.04. The molecule has 0 spiro atoms. The number of imidazole rings is 1. The summed E-state index contributed by atoms with van der Waals surface area (Å²) in [5.74, 6) is 1.16. The molecule has 0 aliphatic rings. The highest BCUT2D eigenvalue weighted by molar-refractivity contribution is 5.85. The summed E-state index contributed by atoms with van der Waals surface area (Å²) in [5.41, 5.74) is 1.08. The average Bonchev–Trinajstić information content (AvgIpc) is 2.91. The first-order valence-electron chi connectivity index (χ1n) is 5.84. The molecule has 0 N–H and O–H groups in total. The molecular formula is C13H8N6O2. The second-order valence-electron chi connectivity index (χ2n) is 4.07. The molecule has 3 aromatic rings. The van der Waals surface area contributed by atoms with E-state index in [0.717, 1.165) is 0 Å². The Labute approximate surface area is 118 Å². The fraction of sp³-hybridized carbons (Fsp3) is 0.154. The lowest BCUT2D eigenvalue weighted by Gasteiger charge is -2.08. The fourth-order valence-corrected chi connectivity index (χ4v) is 2.09. The number of hydrogen-bond donors (Lipinski definition) is 0. The van der Waals surface area contributed by atoms with Gasteiger partial charge in [-0.15, -0.1) is 10.2 Å². The zero-order chi connectivity index (χ0) is 15.0. The number of nitrogens with zero attached hydrogens (tertiary/aromatic N) is 6. The minimum absolute atomic E-state index is 0.00101. The third-order valence-electron chi connectivity index (χ3n) is 3.04. The van der Waals surface area contributed by atoms with Crippen molar-refractivity contribution in [3.63, 3.8) is 0 Å². The molecule has 2 heterocycles. The molecule has 0 saturated heterocycles. The van der Waals surface area contributed by atoms with Crippen LogP contribution >= 0.6 is 0 Å². The largest absolute Gasteiger partial charge is 0.497 e. The first-order valence-corrected chi connectivity index (χ1v) is 5.84. The van der Waals surface area contributed by atoms with Gasteiger partial charge in [0.05, 0.1) is 19.7 Å². The Hall–Kier alpha value is -3.39. The van der Waals surface area contributed by atoms with Gasteiger partial charge >= 0.3 is 0 Å². The molecule has 0 fully saturated rings. The number of aromatic nitrogens is 4. The predicted molar refractivity (Wildman–Crippen MR) is 70.8 cm³/mol. The second kappa shape index (κ2) is 4.62. The van der Waals surface area contributed by atoms with Crippen LogP contribution in [0.1, 0.15) is 11.4 Å². The van der Waals surface area contributed by atoms with Crippen molar-refractivity contribution in [2.45, 2.75) is 0 Å². The van der Waals surface area contributed by atoms with Crippen LogP contribution in [0.25, 0.3) is 16.8 Å². The summed E-state index contributed by atoms with van der Waals surface area (Å²) in [4.78, 5) is 3.99. The summed E-state index contributed by atoms with van der Waals surface area (Å²) in [6, 6.07) is 7.19. The molecule has 0 saturated carbocycles. The van der Waals surface area contributed by atoms with Gasteiger partial charge in [-0.25, -0.2) is 0 Å². The van der Waals surface area contributed by atoms with Crippen molar-refractivity contribution in [2.75, 3.05) is 14.2 Å². The highest BCUT2D eigenvalue weighted by Crippen LogP contribution is 2.30. The Bertz CT molecular complexity index is 947. The summed E-state index contributed by atoms with van der Waals surface area (Å²) in [7, 11) is 3.02. The molecule has 21 heavy (non-hydrogen) atoms. The maximum absolute atomic E-state index is 9.28. The molecular weight excluding hydrogens is 272 g/mol. The Balaban J connectivity index is 2.56. The quantitative estimate of drug-likeness (QED) is 0.689. The van der Waals surface area contributed by atoms with Gasteiger partial charge in [-0.2, -0.15) is 15.5 Å². The van der Waals surface area contributed by atoms with E-state index in [-0.39, 0.29) is 17.2 Å². The zero-order valence-corrected chi connectivity index (χ0v) is 11.2. The standard InChI is InChI=1S/C13H8N6O2/c1-20-7-3-9-12(11(4-7)21-2)17-18-13-16-8(5-14)10(6-15)19(9)13/h3-4H,1-2H3. The molecule has 0 atom stereocenters.